The summed E-state index contributed by atoms with van der Waals surface area (Å²) in [6.45, 7) is 6.29. The fraction of sp³-hybridized carbons (Fsp3) is 0.350. The fourth-order valence-electron chi connectivity index (χ4n) is 2.89. The van der Waals surface area contributed by atoms with Gasteiger partial charge in [0, 0.05) is 17.7 Å². The van der Waals surface area contributed by atoms with Crippen molar-refractivity contribution in [2.24, 2.45) is 5.92 Å². The highest BCUT2D eigenvalue weighted by Crippen LogP contribution is 2.20. The Hall–Kier alpha value is -2.89. The quantitative estimate of drug-likeness (QED) is 0.568. The third-order valence-corrected chi connectivity index (χ3v) is 4.43. The van der Waals surface area contributed by atoms with E-state index in [0.717, 1.165) is 29.9 Å². The number of hydrogen-bond acceptors (Lipinski definition) is 3. The number of hydrogen-bond donors (Lipinski definition) is 3. The first kappa shape index (κ1) is 17.9. The van der Waals surface area contributed by atoms with Crippen LogP contribution in [0.3, 0.4) is 0 Å². The molecular weight excluding hydrogens is 328 g/mol. The molecule has 6 nitrogen and oxygen atoms in total. The number of aromatic nitrogens is 4. The normalized spacial score (nSPS) is 11.2. The molecule has 0 aliphatic rings. The maximum Gasteiger partial charge on any atom is 0.323 e. The zero-order valence-electron chi connectivity index (χ0n) is 15.3. The maximum absolute atomic E-state index is 12.6. The Morgan fingerprint density at radius 2 is 1.85 bits per heavy atom. The molecule has 0 unspecified atom stereocenters. The van der Waals surface area contributed by atoms with Crippen molar-refractivity contribution in [1.82, 2.24) is 19.9 Å². The molecule has 1 aromatic carbocycles. The molecule has 0 bridgehead atoms. The van der Waals surface area contributed by atoms with Gasteiger partial charge in [-0.3, -0.25) is 4.79 Å². The molecule has 26 heavy (non-hydrogen) atoms. The van der Waals surface area contributed by atoms with E-state index in [9.17, 15) is 9.59 Å². The van der Waals surface area contributed by atoms with Crippen LogP contribution in [0.5, 0.6) is 0 Å². The van der Waals surface area contributed by atoms with Crippen molar-refractivity contribution in [3.05, 3.63) is 63.7 Å². The molecule has 136 valence electrons. The summed E-state index contributed by atoms with van der Waals surface area (Å²) in [6.07, 6.45) is 4.43. The number of nitrogens with one attached hydrogen (secondary N) is 3. The van der Waals surface area contributed by atoms with Gasteiger partial charge in [-0.25, -0.2) is 9.78 Å². The predicted molar refractivity (Wildman–Crippen MR) is 101 cm³/mol. The van der Waals surface area contributed by atoms with Gasteiger partial charge in [-0.15, -0.1) is 0 Å². The molecule has 2 heterocycles. The molecule has 2 aromatic heterocycles. The van der Waals surface area contributed by atoms with Crippen LogP contribution in [0.15, 0.2) is 35.3 Å². The molecule has 0 atom stereocenters. The smallest absolute Gasteiger partial charge is 0.323 e. The summed E-state index contributed by atoms with van der Waals surface area (Å²) in [4.78, 5) is 37.1. The fourth-order valence-corrected chi connectivity index (χ4v) is 2.89. The summed E-state index contributed by atoms with van der Waals surface area (Å²) in [6, 6.07) is 7.33. The number of aryl methyl sites for hydroxylation is 2. The first-order valence-corrected chi connectivity index (χ1v) is 8.98. The van der Waals surface area contributed by atoms with E-state index in [1.165, 1.54) is 0 Å². The van der Waals surface area contributed by atoms with Crippen LogP contribution < -0.4 is 5.69 Å². The van der Waals surface area contributed by atoms with Gasteiger partial charge in [0.15, 0.2) is 0 Å². The number of nitrogens with zero attached hydrogens (tertiary/aromatic N) is 1. The standard InChI is InChI=1S/C20H24N4O2/c1-4-15-18(24-20(26)23-15)19(25)14-8-6-13(7-9-14)16-11-21-17(22-16)10-5-12(2)3/h6-9,11-12H,4-5,10H2,1-3H3,(H,21,22)(H2,23,24,26). The lowest BCUT2D eigenvalue weighted by molar-refractivity contribution is 0.103. The summed E-state index contributed by atoms with van der Waals surface area (Å²) in [7, 11) is 0. The third kappa shape index (κ3) is 3.85. The molecular formula is C20H24N4O2. The SMILES string of the molecule is CCc1[nH]c(=O)[nH]c1C(=O)c1ccc(-c2cnc(CCC(C)C)[nH]2)cc1. The van der Waals surface area contributed by atoms with Crippen molar-refractivity contribution in [2.75, 3.05) is 0 Å². The average molecular weight is 352 g/mol. The van der Waals surface area contributed by atoms with E-state index < -0.39 is 0 Å². The highest BCUT2D eigenvalue weighted by atomic mass is 16.1. The lowest BCUT2D eigenvalue weighted by Gasteiger charge is -2.03. The van der Waals surface area contributed by atoms with Crippen LogP contribution in [0, 0.1) is 5.92 Å². The number of carbonyl (C=O) groups excluding carboxylic acids is 1. The molecule has 0 saturated carbocycles. The molecule has 3 aromatic rings. The summed E-state index contributed by atoms with van der Waals surface area (Å²) in [5.41, 5.74) is 3.07. The molecule has 0 aliphatic heterocycles. The van der Waals surface area contributed by atoms with E-state index in [1.807, 2.05) is 25.3 Å². The first-order chi connectivity index (χ1) is 12.5. The predicted octanol–water partition coefficient (Wildman–Crippen LogP) is 3.48. The van der Waals surface area contributed by atoms with E-state index in [2.05, 4.69) is 33.8 Å². The van der Waals surface area contributed by atoms with Gasteiger partial charge in [0.05, 0.1) is 11.9 Å². The van der Waals surface area contributed by atoms with Crippen LogP contribution in [0.25, 0.3) is 11.3 Å². The van der Waals surface area contributed by atoms with Gasteiger partial charge in [0.1, 0.15) is 11.5 Å². The van der Waals surface area contributed by atoms with Gasteiger partial charge in [0.25, 0.3) is 0 Å². The molecule has 0 saturated heterocycles. The molecule has 6 heteroatoms. The van der Waals surface area contributed by atoms with E-state index >= 15 is 0 Å². The van der Waals surface area contributed by atoms with E-state index in [1.54, 1.807) is 12.1 Å². The Bertz CT molecular complexity index is 945. The van der Waals surface area contributed by atoms with E-state index in [0.29, 0.717) is 29.3 Å². The molecule has 3 rings (SSSR count). The average Bonchev–Trinajstić information content (AvgIpc) is 3.26. The zero-order valence-corrected chi connectivity index (χ0v) is 15.3. The second-order valence-corrected chi connectivity index (χ2v) is 6.87. The molecule has 0 amide bonds. The second-order valence-electron chi connectivity index (χ2n) is 6.87. The molecule has 0 aliphatic carbocycles. The molecule has 3 N–H and O–H groups in total. The van der Waals surface area contributed by atoms with Gasteiger partial charge < -0.3 is 15.0 Å². The second kappa shape index (κ2) is 7.56. The summed E-state index contributed by atoms with van der Waals surface area (Å²) in [5, 5.41) is 0. The summed E-state index contributed by atoms with van der Waals surface area (Å²) in [5.74, 6) is 1.43. The molecule has 0 spiro atoms. The van der Waals surface area contributed by atoms with Crippen LogP contribution in [0.4, 0.5) is 0 Å². The zero-order chi connectivity index (χ0) is 18.7. The number of H-pyrrole nitrogens is 3. The van der Waals surface area contributed by atoms with Crippen molar-refractivity contribution in [1.29, 1.82) is 0 Å². The first-order valence-electron chi connectivity index (χ1n) is 8.98. The highest BCUT2D eigenvalue weighted by Gasteiger charge is 2.16. The third-order valence-electron chi connectivity index (χ3n) is 4.43. The molecule has 0 radical (unpaired) electrons. The minimum atomic E-state index is -0.354. The van der Waals surface area contributed by atoms with Gasteiger partial charge in [-0.1, -0.05) is 45.0 Å². The van der Waals surface area contributed by atoms with Crippen molar-refractivity contribution in [3.8, 4) is 11.3 Å². The minimum absolute atomic E-state index is 0.186. The number of ketones is 1. The van der Waals surface area contributed by atoms with Gasteiger partial charge in [-0.05, 0) is 24.3 Å². The monoisotopic (exact) mass is 352 g/mol. The number of imidazole rings is 2. The highest BCUT2D eigenvalue weighted by molar-refractivity contribution is 6.08. The summed E-state index contributed by atoms with van der Waals surface area (Å²) < 4.78 is 0. The largest absolute Gasteiger partial charge is 0.342 e. The topological polar surface area (TPSA) is 94.4 Å². The van der Waals surface area contributed by atoms with Gasteiger partial charge >= 0.3 is 5.69 Å². The van der Waals surface area contributed by atoms with Crippen LogP contribution in [-0.2, 0) is 12.8 Å². The van der Waals surface area contributed by atoms with Crippen LogP contribution in [0.2, 0.25) is 0 Å². The van der Waals surface area contributed by atoms with Crippen molar-refractivity contribution < 1.29 is 4.79 Å². The van der Waals surface area contributed by atoms with Crippen molar-refractivity contribution >= 4 is 5.78 Å². The number of aromatic amines is 3. The lowest BCUT2D eigenvalue weighted by atomic mass is 10.0. The Kier molecular flexibility index (Phi) is 5.21. The van der Waals surface area contributed by atoms with Crippen molar-refractivity contribution in [2.45, 2.75) is 40.0 Å². The molecule has 0 fully saturated rings. The van der Waals surface area contributed by atoms with Gasteiger partial charge in [-0.2, -0.15) is 0 Å². The van der Waals surface area contributed by atoms with Crippen LogP contribution in [0.1, 0.15) is 54.8 Å². The Labute approximate surface area is 152 Å². The Balaban J connectivity index is 1.78. The number of rotatable bonds is 7. The number of carbonyl (C=O) groups is 1. The van der Waals surface area contributed by atoms with Crippen LogP contribution >= 0.6 is 0 Å². The van der Waals surface area contributed by atoms with E-state index in [-0.39, 0.29) is 11.5 Å². The van der Waals surface area contributed by atoms with Crippen molar-refractivity contribution in [3.63, 3.8) is 0 Å². The van der Waals surface area contributed by atoms with Gasteiger partial charge in [0.2, 0.25) is 5.78 Å². The maximum atomic E-state index is 12.6. The van der Waals surface area contributed by atoms with E-state index in [4.69, 9.17) is 0 Å². The Morgan fingerprint density at radius 1 is 1.12 bits per heavy atom. The van der Waals surface area contributed by atoms with Crippen LogP contribution in [-0.4, -0.2) is 25.7 Å². The lowest BCUT2D eigenvalue weighted by Crippen LogP contribution is -2.07. The Morgan fingerprint density at radius 3 is 2.50 bits per heavy atom. The number of benzene rings is 1. The summed E-state index contributed by atoms with van der Waals surface area (Å²) >= 11 is 0. The minimum Gasteiger partial charge on any atom is -0.342 e.